The predicted molar refractivity (Wildman–Crippen MR) is 116 cm³/mol. The van der Waals surface area contributed by atoms with E-state index >= 15 is 0 Å². The third-order valence-corrected chi connectivity index (χ3v) is 6.08. The van der Waals surface area contributed by atoms with Gasteiger partial charge in [-0.2, -0.15) is 0 Å². The molecule has 1 fully saturated rings. The van der Waals surface area contributed by atoms with Crippen LogP contribution in [0, 0.1) is 5.41 Å². The molecule has 0 saturated carbocycles. The van der Waals surface area contributed by atoms with E-state index in [9.17, 15) is 0 Å². The van der Waals surface area contributed by atoms with Crippen molar-refractivity contribution in [1.29, 1.82) is 0 Å². The van der Waals surface area contributed by atoms with E-state index in [4.69, 9.17) is 13.7 Å². The summed E-state index contributed by atoms with van der Waals surface area (Å²) in [5.74, 6) is 0. The van der Waals surface area contributed by atoms with Crippen LogP contribution in [-0.2, 0) is 13.7 Å². The van der Waals surface area contributed by atoms with Crippen molar-refractivity contribution in [3.8, 4) is 0 Å². The van der Waals surface area contributed by atoms with E-state index in [-0.39, 0.29) is 12.5 Å². The van der Waals surface area contributed by atoms with Gasteiger partial charge in [0.05, 0.1) is 0 Å². The predicted octanol–water partition coefficient (Wildman–Crippen LogP) is 4.59. The quantitative estimate of drug-likeness (QED) is 0.491. The Kier molecular flexibility index (Phi) is 4.89. The monoisotopic (exact) mass is 378 g/mol. The summed E-state index contributed by atoms with van der Waals surface area (Å²) in [6.07, 6.45) is 0. The average molecular weight is 378 g/mol. The minimum Gasteiger partial charge on any atom is -0.417 e. The van der Waals surface area contributed by atoms with Gasteiger partial charge in [0.15, 0.2) is 8.32 Å². The second-order valence-corrected chi connectivity index (χ2v) is 13.4. The molecule has 0 bridgehead atoms. The molecule has 3 aromatic rings. The van der Waals surface area contributed by atoms with Crippen LogP contribution >= 0.6 is 0 Å². The normalized spacial score (nSPS) is 17.6. The third kappa shape index (κ3) is 3.97. The molecule has 0 spiro atoms. The molecular weight excluding hydrogens is 351 g/mol. The van der Waals surface area contributed by atoms with Gasteiger partial charge in [-0.1, -0.05) is 61.5 Å². The standard InChI is InChI=1S/C22H27BO3Si/c1-22(16-26-27(2,3)4)14-24-23(25-15-22)21-13-17-9-5-6-10-18(17)19-11-7-8-12-20(19)21/h5-13H,14-16H2,1-4H3. The third-order valence-electron chi connectivity index (χ3n) is 5.07. The lowest BCUT2D eigenvalue weighted by atomic mass is 9.72. The Morgan fingerprint density at radius 1 is 0.926 bits per heavy atom. The number of fused-ring (bicyclic) bond motifs is 3. The van der Waals surface area contributed by atoms with Crippen LogP contribution in [0.3, 0.4) is 0 Å². The second-order valence-electron chi connectivity index (χ2n) is 8.90. The molecule has 1 aliphatic rings. The van der Waals surface area contributed by atoms with Crippen molar-refractivity contribution in [1.82, 2.24) is 0 Å². The van der Waals surface area contributed by atoms with Crippen LogP contribution in [0.15, 0.2) is 54.6 Å². The Morgan fingerprint density at radius 2 is 1.52 bits per heavy atom. The summed E-state index contributed by atoms with van der Waals surface area (Å²) in [7, 11) is -1.88. The molecule has 0 atom stereocenters. The molecule has 27 heavy (non-hydrogen) atoms. The molecule has 3 nitrogen and oxygen atoms in total. The molecule has 3 aromatic carbocycles. The number of hydrogen-bond donors (Lipinski definition) is 0. The molecule has 0 aromatic heterocycles. The van der Waals surface area contributed by atoms with Crippen LogP contribution in [0.2, 0.25) is 19.6 Å². The van der Waals surface area contributed by atoms with Crippen LogP contribution in [0.5, 0.6) is 0 Å². The van der Waals surface area contributed by atoms with E-state index in [0.29, 0.717) is 19.8 Å². The van der Waals surface area contributed by atoms with Gasteiger partial charge < -0.3 is 13.7 Å². The van der Waals surface area contributed by atoms with Gasteiger partial charge >= 0.3 is 7.12 Å². The lowest BCUT2D eigenvalue weighted by Gasteiger charge is -2.38. The van der Waals surface area contributed by atoms with E-state index in [1.165, 1.54) is 21.5 Å². The molecule has 5 heteroatoms. The van der Waals surface area contributed by atoms with E-state index in [2.05, 4.69) is 81.2 Å². The largest absolute Gasteiger partial charge is 0.494 e. The van der Waals surface area contributed by atoms with E-state index in [1.54, 1.807) is 0 Å². The van der Waals surface area contributed by atoms with Gasteiger partial charge in [0, 0.05) is 25.2 Å². The molecule has 1 heterocycles. The van der Waals surface area contributed by atoms with Crippen LogP contribution < -0.4 is 5.46 Å². The molecule has 0 unspecified atom stereocenters. The van der Waals surface area contributed by atoms with Gasteiger partial charge in [-0.3, -0.25) is 0 Å². The SMILES string of the molecule is CC1(CO[Si](C)(C)C)COB(c2cc3ccccc3c3ccccc23)OC1. The molecule has 4 rings (SSSR count). The van der Waals surface area contributed by atoms with Gasteiger partial charge in [-0.25, -0.2) is 0 Å². The molecular formula is C22H27BO3Si. The Morgan fingerprint density at radius 3 is 2.19 bits per heavy atom. The summed E-state index contributed by atoms with van der Waals surface area (Å²) >= 11 is 0. The van der Waals surface area contributed by atoms with Gasteiger partial charge in [-0.15, -0.1) is 0 Å². The first-order chi connectivity index (χ1) is 12.8. The molecule has 1 saturated heterocycles. The summed E-state index contributed by atoms with van der Waals surface area (Å²) in [5, 5.41) is 4.92. The molecule has 0 amide bonds. The smallest absolute Gasteiger partial charge is 0.417 e. The molecule has 0 aliphatic carbocycles. The van der Waals surface area contributed by atoms with Crippen LogP contribution in [0.1, 0.15) is 6.92 Å². The Bertz CT molecular complexity index is 959. The number of benzene rings is 3. The van der Waals surface area contributed by atoms with Gasteiger partial charge in [0.25, 0.3) is 0 Å². The van der Waals surface area contributed by atoms with Crippen molar-refractivity contribution >= 4 is 42.4 Å². The minimum atomic E-state index is -1.55. The summed E-state index contributed by atoms with van der Waals surface area (Å²) in [4.78, 5) is 0. The van der Waals surface area contributed by atoms with Crippen molar-refractivity contribution in [2.24, 2.45) is 5.41 Å². The average Bonchev–Trinajstić information content (AvgIpc) is 2.66. The first-order valence-electron chi connectivity index (χ1n) is 9.62. The summed E-state index contributed by atoms with van der Waals surface area (Å²) in [6, 6.07) is 19.2. The zero-order valence-electron chi connectivity index (χ0n) is 16.6. The first-order valence-corrected chi connectivity index (χ1v) is 13.0. The zero-order chi connectivity index (χ0) is 19.1. The van der Waals surface area contributed by atoms with Crippen LogP contribution in [-0.4, -0.2) is 35.3 Å². The molecule has 140 valence electrons. The van der Waals surface area contributed by atoms with E-state index in [1.807, 2.05) is 0 Å². The fourth-order valence-electron chi connectivity index (χ4n) is 3.58. The second kappa shape index (κ2) is 7.06. The van der Waals surface area contributed by atoms with Crippen LogP contribution in [0.4, 0.5) is 0 Å². The fraction of sp³-hybridized carbons (Fsp3) is 0.364. The highest BCUT2D eigenvalue weighted by Crippen LogP contribution is 2.28. The maximum atomic E-state index is 6.22. The maximum Gasteiger partial charge on any atom is 0.494 e. The highest BCUT2D eigenvalue weighted by atomic mass is 28.4. The van der Waals surface area contributed by atoms with Crippen molar-refractivity contribution in [2.75, 3.05) is 19.8 Å². The van der Waals surface area contributed by atoms with Crippen molar-refractivity contribution in [3.63, 3.8) is 0 Å². The minimum absolute atomic E-state index is 0.0938. The van der Waals surface area contributed by atoms with E-state index < -0.39 is 8.32 Å². The molecule has 0 radical (unpaired) electrons. The zero-order valence-corrected chi connectivity index (χ0v) is 17.6. The van der Waals surface area contributed by atoms with E-state index in [0.717, 1.165) is 5.46 Å². The highest BCUT2D eigenvalue weighted by molar-refractivity contribution is 6.69. The number of hydrogen-bond acceptors (Lipinski definition) is 3. The topological polar surface area (TPSA) is 27.7 Å². The lowest BCUT2D eigenvalue weighted by molar-refractivity contribution is -0.00954. The van der Waals surface area contributed by atoms with Gasteiger partial charge in [0.2, 0.25) is 0 Å². The first kappa shape index (κ1) is 18.7. The fourth-order valence-corrected chi connectivity index (χ4v) is 4.36. The van der Waals surface area contributed by atoms with Crippen molar-refractivity contribution in [3.05, 3.63) is 54.6 Å². The molecule has 0 N–H and O–H groups in total. The van der Waals surface area contributed by atoms with Crippen molar-refractivity contribution in [2.45, 2.75) is 26.6 Å². The summed E-state index contributed by atoms with van der Waals surface area (Å²) in [6.45, 7) is 10.8. The summed E-state index contributed by atoms with van der Waals surface area (Å²) < 4.78 is 18.5. The number of rotatable bonds is 4. The van der Waals surface area contributed by atoms with Crippen LogP contribution in [0.25, 0.3) is 21.5 Å². The van der Waals surface area contributed by atoms with Gasteiger partial charge in [-0.05, 0) is 46.6 Å². The lowest BCUT2D eigenvalue weighted by Crippen LogP contribution is -2.51. The maximum absolute atomic E-state index is 6.22. The Hall–Kier alpha value is -1.66. The summed E-state index contributed by atoms with van der Waals surface area (Å²) in [5.41, 5.74) is 1.01. The van der Waals surface area contributed by atoms with Gasteiger partial charge in [0.1, 0.15) is 0 Å². The Labute approximate surface area is 162 Å². The molecule has 1 aliphatic heterocycles. The van der Waals surface area contributed by atoms with Crippen molar-refractivity contribution < 1.29 is 13.7 Å². The Balaban J connectivity index is 1.62. The highest BCUT2D eigenvalue weighted by Gasteiger charge is 2.38.